The number of hydrogen-bond donors (Lipinski definition) is 0. The molecule has 6 rings (SSSR count). The van der Waals surface area contributed by atoms with Crippen LogP contribution in [0.1, 0.15) is 140 Å². The molecule has 0 aliphatic heterocycles. The molecule has 0 N–H and O–H groups in total. The minimum Gasteiger partial charge on any atom is -0.0613 e. The summed E-state index contributed by atoms with van der Waals surface area (Å²) in [5.74, 6) is 3.53. The monoisotopic (exact) mass is 474 g/mol. The summed E-state index contributed by atoms with van der Waals surface area (Å²) < 4.78 is 0. The van der Waals surface area contributed by atoms with Gasteiger partial charge < -0.3 is 0 Å². The van der Waals surface area contributed by atoms with Gasteiger partial charge in [0, 0.05) is 0 Å². The summed E-state index contributed by atoms with van der Waals surface area (Å²) in [6, 6.07) is 2.53. The van der Waals surface area contributed by atoms with Crippen molar-refractivity contribution in [1.29, 1.82) is 0 Å². The molecule has 5 aliphatic rings. The van der Waals surface area contributed by atoms with Gasteiger partial charge in [-0.3, -0.25) is 0 Å². The SMILES string of the molecule is CCc1c(C)cc(C)c2c1C[C@]1(C)[C@H]3CC[C@@H]4[C@@]5(C)CCCC(C)(C)[C@@H]5CC[C@@]4(C)[C@]3(C)CC[C@@H]21. The average molecular weight is 475 g/mol. The molecule has 0 bridgehead atoms. The fraction of sp³-hybridized carbons (Fsp3) is 0.829. The third-order valence-corrected chi connectivity index (χ3v) is 14.4. The summed E-state index contributed by atoms with van der Waals surface area (Å²) in [6.45, 7) is 23.6. The Bertz CT molecular complexity index is 1040. The van der Waals surface area contributed by atoms with E-state index in [1.54, 1.807) is 27.8 Å². The van der Waals surface area contributed by atoms with Gasteiger partial charge in [-0.05, 0) is 157 Å². The van der Waals surface area contributed by atoms with Gasteiger partial charge in [0.1, 0.15) is 0 Å². The van der Waals surface area contributed by atoms with E-state index in [1.165, 1.54) is 70.6 Å². The van der Waals surface area contributed by atoms with Gasteiger partial charge in [0.25, 0.3) is 0 Å². The van der Waals surface area contributed by atoms with Crippen LogP contribution in [0.25, 0.3) is 0 Å². The predicted octanol–water partition coefficient (Wildman–Crippen LogP) is 9.97. The Morgan fingerprint density at radius 2 is 1.34 bits per heavy atom. The van der Waals surface area contributed by atoms with E-state index in [9.17, 15) is 0 Å². The molecule has 0 unspecified atom stereocenters. The minimum atomic E-state index is 0.454. The summed E-state index contributed by atoms with van der Waals surface area (Å²) in [4.78, 5) is 0. The van der Waals surface area contributed by atoms with Gasteiger partial charge in [0.15, 0.2) is 0 Å². The summed E-state index contributed by atoms with van der Waals surface area (Å²) in [5.41, 5.74) is 11.0. The van der Waals surface area contributed by atoms with Crippen LogP contribution in [0, 0.1) is 58.7 Å². The highest BCUT2D eigenvalue weighted by molar-refractivity contribution is 5.52. The van der Waals surface area contributed by atoms with Crippen molar-refractivity contribution in [3.05, 3.63) is 33.9 Å². The Hall–Kier alpha value is -0.780. The molecular formula is C35H54. The third-order valence-electron chi connectivity index (χ3n) is 14.4. The van der Waals surface area contributed by atoms with Gasteiger partial charge in [0.05, 0.1) is 0 Å². The molecule has 0 amide bonds. The summed E-state index contributed by atoms with van der Waals surface area (Å²) in [7, 11) is 0. The van der Waals surface area contributed by atoms with Crippen molar-refractivity contribution in [1.82, 2.24) is 0 Å². The molecule has 4 saturated carbocycles. The zero-order chi connectivity index (χ0) is 25.2. The van der Waals surface area contributed by atoms with Gasteiger partial charge in [-0.1, -0.05) is 61.0 Å². The maximum absolute atomic E-state index is 2.81. The van der Waals surface area contributed by atoms with Gasteiger partial charge >= 0.3 is 0 Å². The smallest absolute Gasteiger partial charge is 0.00963 e. The van der Waals surface area contributed by atoms with Crippen LogP contribution in [-0.2, 0) is 12.8 Å². The molecule has 0 aromatic heterocycles. The molecule has 35 heavy (non-hydrogen) atoms. The van der Waals surface area contributed by atoms with Crippen LogP contribution in [0.2, 0.25) is 0 Å². The Labute approximate surface area is 217 Å². The third kappa shape index (κ3) is 2.87. The van der Waals surface area contributed by atoms with Gasteiger partial charge in [-0.2, -0.15) is 0 Å². The van der Waals surface area contributed by atoms with Crippen molar-refractivity contribution >= 4 is 0 Å². The normalized spacial score (nSPS) is 47.8. The quantitative estimate of drug-likeness (QED) is 0.380. The first-order valence-corrected chi connectivity index (χ1v) is 15.5. The highest BCUT2D eigenvalue weighted by atomic mass is 14.7. The molecule has 1 aromatic rings. The van der Waals surface area contributed by atoms with E-state index >= 15 is 0 Å². The second-order valence-corrected chi connectivity index (χ2v) is 16.0. The first-order valence-electron chi connectivity index (χ1n) is 15.5. The lowest BCUT2D eigenvalue weighted by Crippen LogP contribution is -2.65. The van der Waals surface area contributed by atoms with Crippen LogP contribution < -0.4 is 0 Å². The van der Waals surface area contributed by atoms with Crippen LogP contribution >= 0.6 is 0 Å². The highest BCUT2D eigenvalue weighted by Crippen LogP contribution is 2.78. The lowest BCUT2D eigenvalue weighted by molar-refractivity contribution is -0.235. The van der Waals surface area contributed by atoms with E-state index in [1.807, 2.05) is 0 Å². The first kappa shape index (κ1) is 24.6. The number of hydrogen-bond acceptors (Lipinski definition) is 0. The van der Waals surface area contributed by atoms with Crippen molar-refractivity contribution in [2.45, 2.75) is 139 Å². The molecule has 0 spiro atoms. The van der Waals surface area contributed by atoms with Gasteiger partial charge in [0.2, 0.25) is 0 Å². The highest BCUT2D eigenvalue weighted by Gasteiger charge is 2.70. The Morgan fingerprint density at radius 1 is 0.714 bits per heavy atom. The molecule has 0 heteroatoms. The topological polar surface area (TPSA) is 0 Å². The Kier molecular flexibility index (Phi) is 5.20. The standard InChI is InChI=1S/C35H54/c1-10-24-22(2)20-23(3)30-25(24)21-33(7)26(30)14-18-34(8)29(33)13-12-28-32(6)17-11-16-31(4,5)27(32)15-19-35(28,34)9/h20,26-29H,10-19,21H2,1-9H3/t26-,27-,28+,29+,32-,33-,34+,35+/m0/s1. The molecule has 5 aliphatic carbocycles. The molecule has 0 radical (unpaired) electrons. The van der Waals surface area contributed by atoms with Gasteiger partial charge in [-0.15, -0.1) is 0 Å². The van der Waals surface area contributed by atoms with E-state index in [0.29, 0.717) is 27.1 Å². The van der Waals surface area contributed by atoms with Crippen LogP contribution in [0.5, 0.6) is 0 Å². The van der Waals surface area contributed by atoms with E-state index in [-0.39, 0.29) is 0 Å². The summed E-state index contributed by atoms with van der Waals surface area (Å²) in [6.07, 6.45) is 15.8. The fourth-order valence-corrected chi connectivity index (χ4v) is 13.0. The molecule has 8 atom stereocenters. The van der Waals surface area contributed by atoms with Crippen LogP contribution in [0.15, 0.2) is 6.07 Å². The van der Waals surface area contributed by atoms with Crippen molar-refractivity contribution < 1.29 is 0 Å². The zero-order valence-corrected chi connectivity index (χ0v) is 24.7. The number of rotatable bonds is 1. The second-order valence-electron chi connectivity index (χ2n) is 16.0. The molecule has 0 saturated heterocycles. The van der Waals surface area contributed by atoms with Crippen LogP contribution in [-0.4, -0.2) is 0 Å². The van der Waals surface area contributed by atoms with E-state index in [2.05, 4.69) is 68.4 Å². The summed E-state index contributed by atoms with van der Waals surface area (Å²) in [5, 5.41) is 0. The molecule has 0 nitrogen and oxygen atoms in total. The van der Waals surface area contributed by atoms with Crippen molar-refractivity contribution in [2.24, 2.45) is 44.8 Å². The van der Waals surface area contributed by atoms with Crippen LogP contribution in [0.4, 0.5) is 0 Å². The first-order chi connectivity index (χ1) is 16.3. The molecule has 1 aromatic carbocycles. The largest absolute Gasteiger partial charge is 0.0613 e. The maximum Gasteiger partial charge on any atom is -0.00963 e. The van der Waals surface area contributed by atoms with E-state index in [0.717, 1.165) is 23.7 Å². The number of fused-ring (bicyclic) bond motifs is 9. The van der Waals surface area contributed by atoms with Crippen LogP contribution in [0.3, 0.4) is 0 Å². The molecule has 0 heterocycles. The fourth-order valence-electron chi connectivity index (χ4n) is 13.0. The van der Waals surface area contributed by atoms with E-state index in [4.69, 9.17) is 0 Å². The predicted molar refractivity (Wildman–Crippen MR) is 150 cm³/mol. The Balaban J connectivity index is 1.42. The lowest BCUT2D eigenvalue weighted by Gasteiger charge is -2.73. The van der Waals surface area contributed by atoms with Gasteiger partial charge in [-0.25, -0.2) is 0 Å². The molecular weight excluding hydrogens is 420 g/mol. The lowest BCUT2D eigenvalue weighted by atomic mass is 9.32. The summed E-state index contributed by atoms with van der Waals surface area (Å²) >= 11 is 0. The van der Waals surface area contributed by atoms with Crippen molar-refractivity contribution in [3.63, 3.8) is 0 Å². The average Bonchev–Trinajstić information content (AvgIpc) is 3.07. The maximum atomic E-state index is 2.81. The minimum absolute atomic E-state index is 0.454. The number of aryl methyl sites for hydroxylation is 2. The van der Waals surface area contributed by atoms with E-state index < -0.39 is 0 Å². The van der Waals surface area contributed by atoms with Crippen molar-refractivity contribution in [3.8, 4) is 0 Å². The second kappa shape index (κ2) is 7.41. The number of benzene rings is 1. The zero-order valence-electron chi connectivity index (χ0n) is 24.7. The Morgan fingerprint density at radius 3 is 2.00 bits per heavy atom. The van der Waals surface area contributed by atoms with Crippen molar-refractivity contribution in [2.75, 3.05) is 0 Å². The molecule has 194 valence electrons. The molecule has 4 fully saturated rings.